The molecule has 7 rings (SSSR count). The molecule has 38 heavy (non-hydrogen) atoms. The van der Waals surface area contributed by atoms with Crippen LogP contribution in [0.5, 0.6) is 0 Å². The van der Waals surface area contributed by atoms with Crippen molar-refractivity contribution in [3.63, 3.8) is 0 Å². The first kappa shape index (κ1) is 22.5. The van der Waals surface area contributed by atoms with Crippen LogP contribution in [0.1, 0.15) is 22.3 Å². The lowest BCUT2D eigenvalue weighted by Gasteiger charge is -2.19. The summed E-state index contributed by atoms with van der Waals surface area (Å²) in [7, 11) is 0. The van der Waals surface area contributed by atoms with Crippen molar-refractivity contribution in [2.45, 2.75) is 20.0 Å². The Morgan fingerprint density at radius 3 is 2.29 bits per heavy atom. The Kier molecular flexibility index (Phi) is 4.97. The number of hydrogen-bond donors (Lipinski definition) is 2. The van der Waals surface area contributed by atoms with E-state index in [2.05, 4.69) is 41.7 Å². The van der Waals surface area contributed by atoms with Crippen molar-refractivity contribution in [1.82, 2.24) is 10.3 Å². The van der Waals surface area contributed by atoms with Crippen LogP contribution in [0.3, 0.4) is 0 Å². The Morgan fingerprint density at radius 2 is 1.55 bits per heavy atom. The van der Waals surface area contributed by atoms with Gasteiger partial charge in [-0.15, -0.1) is 6.58 Å². The number of rotatable bonds is 2. The molecule has 1 aliphatic carbocycles. The molecule has 4 unspecified atom stereocenters. The molecule has 0 saturated carbocycles. The highest BCUT2D eigenvalue weighted by molar-refractivity contribution is 6.24. The van der Waals surface area contributed by atoms with Crippen molar-refractivity contribution < 1.29 is 0 Å². The summed E-state index contributed by atoms with van der Waals surface area (Å²) in [6, 6.07) is 8.05. The summed E-state index contributed by atoms with van der Waals surface area (Å²) in [4.78, 5) is 33.3. The van der Waals surface area contributed by atoms with Gasteiger partial charge in [0.05, 0.1) is 5.92 Å². The molecule has 4 aliphatic heterocycles. The first-order chi connectivity index (χ1) is 18.6. The van der Waals surface area contributed by atoms with E-state index < -0.39 is 0 Å². The summed E-state index contributed by atoms with van der Waals surface area (Å²) < 4.78 is 0. The Bertz CT molecular complexity index is 1770. The number of hydrogen-bond acceptors (Lipinski definition) is 7. The molecule has 0 saturated heterocycles. The molecule has 8 bridgehead atoms. The van der Waals surface area contributed by atoms with Gasteiger partial charge < -0.3 is 10.3 Å². The molecule has 0 spiro atoms. The molecule has 8 heteroatoms. The van der Waals surface area contributed by atoms with Gasteiger partial charge in [-0.05, 0) is 25.0 Å². The highest BCUT2D eigenvalue weighted by Gasteiger charge is 2.39. The molecule has 5 heterocycles. The van der Waals surface area contributed by atoms with E-state index in [9.17, 15) is 0 Å². The quantitative estimate of drug-likeness (QED) is 0.609. The standard InChI is InChI=1S/C30H26N8/c1-5-17-18(6-2)26-34-25(17)32-23-15(3)16(4)24(31-23)33-27-19-11-7-8-12-20(19)29(36-27)38-30-22-14-10-9-13-21(22)28(35-26)37-30/h5-14,18,21-22,28H,1-2H2,3-4H3,(H,34,35)(H,31,32,33,36,37,38). The highest BCUT2D eigenvalue weighted by atomic mass is 15.2. The molecular formula is C30H26N8. The van der Waals surface area contributed by atoms with Crippen molar-refractivity contribution in [3.05, 3.63) is 119 Å². The maximum absolute atomic E-state index is 5.10. The molecule has 0 radical (unpaired) electrons. The molecular weight excluding hydrogens is 472 g/mol. The van der Waals surface area contributed by atoms with Crippen LogP contribution < -0.4 is 16.3 Å². The number of benzene rings is 1. The van der Waals surface area contributed by atoms with Crippen LogP contribution in [-0.4, -0.2) is 34.5 Å². The van der Waals surface area contributed by atoms with Crippen molar-refractivity contribution in [3.8, 4) is 0 Å². The zero-order chi connectivity index (χ0) is 26.0. The number of aliphatic imine (C=N–C) groups is 4. The molecule has 8 nitrogen and oxygen atoms in total. The number of fused-ring (bicyclic) bond motifs is 12. The topological polar surface area (TPSA) is 102 Å². The van der Waals surface area contributed by atoms with Gasteiger partial charge in [-0.1, -0.05) is 67.3 Å². The van der Waals surface area contributed by atoms with Gasteiger partial charge in [-0.25, -0.2) is 30.0 Å². The van der Waals surface area contributed by atoms with Gasteiger partial charge in [-0.2, -0.15) is 0 Å². The predicted octanol–water partition coefficient (Wildman–Crippen LogP) is 3.39. The summed E-state index contributed by atoms with van der Waals surface area (Å²) in [5.41, 5.74) is 6.27. The van der Waals surface area contributed by atoms with Crippen molar-refractivity contribution in [2.24, 2.45) is 47.7 Å². The van der Waals surface area contributed by atoms with Crippen molar-refractivity contribution in [2.75, 3.05) is 0 Å². The maximum atomic E-state index is 5.10. The highest BCUT2D eigenvalue weighted by Crippen LogP contribution is 2.36. The largest absolute Gasteiger partial charge is 0.328 e. The van der Waals surface area contributed by atoms with Gasteiger partial charge in [0.25, 0.3) is 0 Å². The van der Waals surface area contributed by atoms with Gasteiger partial charge in [0.15, 0.2) is 17.8 Å². The monoisotopic (exact) mass is 498 g/mol. The fraction of sp³-hybridized carbons (Fsp3) is 0.200. The molecule has 5 aliphatic rings. The summed E-state index contributed by atoms with van der Waals surface area (Å²) in [5, 5.41) is 3.44. The number of nitrogens with one attached hydrogen (secondary N) is 2. The van der Waals surface area contributed by atoms with Crippen LogP contribution in [0, 0.1) is 31.6 Å². The third-order valence-electron chi connectivity index (χ3n) is 7.75. The van der Waals surface area contributed by atoms with E-state index in [1.54, 1.807) is 0 Å². The van der Waals surface area contributed by atoms with Gasteiger partial charge in [0.2, 0.25) is 0 Å². The predicted molar refractivity (Wildman–Crippen MR) is 150 cm³/mol. The smallest absolute Gasteiger partial charge is 0.164 e. The van der Waals surface area contributed by atoms with Crippen LogP contribution >= 0.6 is 0 Å². The third kappa shape index (κ3) is 3.30. The first-order valence-electron chi connectivity index (χ1n) is 12.7. The van der Waals surface area contributed by atoms with E-state index in [0.29, 0.717) is 17.5 Å². The Balaban J connectivity index is 1.52. The first-order valence-corrected chi connectivity index (χ1v) is 12.7. The summed E-state index contributed by atoms with van der Waals surface area (Å²) in [6.45, 7) is 12.2. The van der Waals surface area contributed by atoms with E-state index >= 15 is 0 Å². The Labute approximate surface area is 219 Å². The number of aromatic amines is 1. The van der Waals surface area contributed by atoms with Gasteiger partial charge >= 0.3 is 0 Å². The van der Waals surface area contributed by atoms with Gasteiger partial charge in [0.1, 0.15) is 28.5 Å². The molecule has 0 fully saturated rings. The lowest BCUT2D eigenvalue weighted by molar-refractivity contribution is 0.511. The fourth-order valence-corrected chi connectivity index (χ4v) is 5.54. The SMILES string of the molecule is C=CC1=C2/N=c3\[nH]c(c(C)c3C)=NC3=NC(=NC4=NC(/N=C(\N2)C1C=C)C1C=CC=CC41)c1ccccc13. The maximum Gasteiger partial charge on any atom is 0.164 e. The minimum atomic E-state index is -0.338. The second-order valence-corrected chi connectivity index (χ2v) is 9.85. The molecule has 1 aromatic carbocycles. The fourth-order valence-electron chi connectivity index (χ4n) is 5.54. The minimum Gasteiger partial charge on any atom is -0.328 e. The average Bonchev–Trinajstić information content (AvgIpc) is 3.64. The van der Waals surface area contributed by atoms with Crippen LogP contribution in [-0.2, 0) is 0 Å². The van der Waals surface area contributed by atoms with E-state index in [1.165, 1.54) is 0 Å². The van der Waals surface area contributed by atoms with E-state index in [1.807, 2.05) is 56.3 Å². The number of amidine groups is 4. The Morgan fingerprint density at radius 1 is 0.842 bits per heavy atom. The van der Waals surface area contributed by atoms with Crippen molar-refractivity contribution in [1.29, 1.82) is 0 Å². The molecule has 4 atom stereocenters. The van der Waals surface area contributed by atoms with Gasteiger partial charge in [-0.3, -0.25) is 0 Å². The van der Waals surface area contributed by atoms with Crippen LogP contribution in [0.2, 0.25) is 0 Å². The van der Waals surface area contributed by atoms with Crippen LogP contribution in [0.15, 0.2) is 115 Å². The lowest BCUT2D eigenvalue weighted by atomic mass is 9.88. The normalized spacial score (nSPS) is 28.5. The molecule has 0 amide bonds. The van der Waals surface area contributed by atoms with Crippen LogP contribution in [0.25, 0.3) is 0 Å². The molecule has 2 N–H and O–H groups in total. The summed E-state index contributed by atoms with van der Waals surface area (Å²) in [6.07, 6.45) is 11.7. The second kappa shape index (κ2) is 8.41. The second-order valence-electron chi connectivity index (χ2n) is 9.85. The van der Waals surface area contributed by atoms with E-state index in [4.69, 9.17) is 30.0 Å². The summed E-state index contributed by atoms with van der Waals surface area (Å²) >= 11 is 0. The van der Waals surface area contributed by atoms with E-state index in [-0.39, 0.29) is 23.9 Å². The minimum absolute atomic E-state index is 0.0101. The molecule has 2 aromatic rings. The number of aromatic nitrogens is 1. The number of nitrogens with zero attached hydrogens (tertiary/aromatic N) is 6. The Hall–Kier alpha value is -4.72. The third-order valence-corrected chi connectivity index (χ3v) is 7.75. The van der Waals surface area contributed by atoms with Crippen LogP contribution in [0.4, 0.5) is 0 Å². The molecule has 186 valence electrons. The molecule has 1 aromatic heterocycles. The van der Waals surface area contributed by atoms with Gasteiger partial charge in [0, 0.05) is 28.5 Å². The zero-order valence-corrected chi connectivity index (χ0v) is 21.2. The lowest BCUT2D eigenvalue weighted by Crippen LogP contribution is -2.27. The zero-order valence-electron chi connectivity index (χ0n) is 21.2. The number of H-pyrrole nitrogens is 1. The van der Waals surface area contributed by atoms with E-state index in [0.717, 1.165) is 50.5 Å². The average molecular weight is 499 g/mol. The van der Waals surface area contributed by atoms with Crippen molar-refractivity contribution >= 4 is 23.3 Å². The summed E-state index contributed by atoms with van der Waals surface area (Å²) in [5.74, 6) is 3.30. The number of allylic oxidation sites excluding steroid dienone is 3.